The molecule has 2 aromatic rings. The zero-order valence-electron chi connectivity index (χ0n) is 13.8. The number of benzene rings is 2. The minimum atomic E-state index is -0.0992. The Morgan fingerprint density at radius 2 is 1.88 bits per heavy atom. The number of hydrogen-bond acceptors (Lipinski definition) is 3. The molecule has 0 atom stereocenters. The molecule has 0 unspecified atom stereocenters. The molecule has 0 bridgehead atoms. The Bertz CT molecular complexity index is 733. The number of anilines is 1. The second kappa shape index (κ2) is 8.70. The monoisotopic (exact) mass is 424 g/mol. The van der Waals surface area contributed by atoms with Crippen LogP contribution in [0.25, 0.3) is 0 Å². The normalized spacial score (nSPS) is 15.9. The van der Waals surface area contributed by atoms with Gasteiger partial charge in [0.15, 0.2) is 0 Å². The number of nitrogens with one attached hydrogen (secondary N) is 1. The average Bonchev–Trinajstić information content (AvgIpc) is 2.60. The number of hydrogen-bond donors (Lipinski definition) is 2. The van der Waals surface area contributed by atoms with Crippen LogP contribution < -0.4 is 11.1 Å². The SMILES string of the molecule is Cl.Nc1cccc(C(=O)NCC2(c3cccc(Br)c3)CCOCC2)c1. The predicted octanol–water partition coefficient (Wildman–Crippen LogP) is 3.93. The van der Waals surface area contributed by atoms with Gasteiger partial charge in [0.1, 0.15) is 0 Å². The first-order chi connectivity index (χ1) is 11.6. The van der Waals surface area contributed by atoms with Crippen molar-refractivity contribution in [1.82, 2.24) is 5.32 Å². The third-order valence-electron chi connectivity index (χ3n) is 4.62. The van der Waals surface area contributed by atoms with Gasteiger partial charge in [-0.15, -0.1) is 12.4 Å². The van der Waals surface area contributed by atoms with E-state index >= 15 is 0 Å². The van der Waals surface area contributed by atoms with E-state index in [9.17, 15) is 4.79 Å². The molecular weight excluding hydrogens is 404 g/mol. The number of amides is 1. The first-order valence-corrected chi connectivity index (χ1v) is 8.86. The lowest BCUT2D eigenvalue weighted by molar-refractivity contribution is 0.0487. The van der Waals surface area contributed by atoms with Crippen LogP contribution in [0.4, 0.5) is 5.69 Å². The molecular formula is C19H22BrClN2O2. The van der Waals surface area contributed by atoms with Crippen molar-refractivity contribution in [2.24, 2.45) is 0 Å². The number of ether oxygens (including phenoxy) is 1. The molecule has 6 heteroatoms. The van der Waals surface area contributed by atoms with Crippen molar-refractivity contribution in [1.29, 1.82) is 0 Å². The van der Waals surface area contributed by atoms with Crippen LogP contribution in [0.15, 0.2) is 53.0 Å². The third kappa shape index (κ3) is 4.75. The molecule has 0 aromatic heterocycles. The largest absolute Gasteiger partial charge is 0.399 e. The van der Waals surface area contributed by atoms with E-state index < -0.39 is 0 Å². The first-order valence-electron chi connectivity index (χ1n) is 8.07. The Labute approximate surface area is 162 Å². The highest BCUT2D eigenvalue weighted by Gasteiger charge is 2.35. The summed E-state index contributed by atoms with van der Waals surface area (Å²) in [5.41, 5.74) is 8.08. The summed E-state index contributed by atoms with van der Waals surface area (Å²) < 4.78 is 6.59. The van der Waals surface area contributed by atoms with Gasteiger partial charge in [-0.2, -0.15) is 0 Å². The lowest BCUT2D eigenvalue weighted by Crippen LogP contribution is -2.44. The molecule has 1 aliphatic heterocycles. The minimum Gasteiger partial charge on any atom is -0.399 e. The Hall–Kier alpha value is -1.56. The summed E-state index contributed by atoms with van der Waals surface area (Å²) in [6.45, 7) is 2.00. The van der Waals surface area contributed by atoms with Gasteiger partial charge in [-0.1, -0.05) is 34.1 Å². The number of halogens is 2. The standard InChI is InChI=1S/C19H21BrN2O2.ClH/c20-16-5-2-4-15(12-16)19(7-9-24-10-8-19)13-22-18(23)14-3-1-6-17(21)11-14;/h1-6,11-12H,7-10,13,21H2,(H,22,23);1H. The second-order valence-corrected chi connectivity index (χ2v) is 7.13. The molecule has 3 N–H and O–H groups in total. The molecule has 1 fully saturated rings. The maximum atomic E-state index is 12.5. The highest BCUT2D eigenvalue weighted by atomic mass is 79.9. The van der Waals surface area contributed by atoms with Crippen LogP contribution in [-0.4, -0.2) is 25.7 Å². The van der Waals surface area contributed by atoms with Gasteiger partial charge in [0.25, 0.3) is 5.91 Å². The van der Waals surface area contributed by atoms with Crippen molar-refractivity contribution in [3.8, 4) is 0 Å². The quantitative estimate of drug-likeness (QED) is 0.730. The van der Waals surface area contributed by atoms with Gasteiger partial charge in [-0.25, -0.2) is 0 Å². The zero-order valence-corrected chi connectivity index (χ0v) is 16.2. The highest BCUT2D eigenvalue weighted by molar-refractivity contribution is 9.10. The molecule has 134 valence electrons. The van der Waals surface area contributed by atoms with Crippen LogP contribution in [0.1, 0.15) is 28.8 Å². The molecule has 1 amide bonds. The van der Waals surface area contributed by atoms with E-state index in [0.29, 0.717) is 31.0 Å². The summed E-state index contributed by atoms with van der Waals surface area (Å²) in [6, 6.07) is 15.4. The lowest BCUT2D eigenvalue weighted by Gasteiger charge is -2.38. The third-order valence-corrected chi connectivity index (χ3v) is 5.12. The van der Waals surface area contributed by atoms with E-state index in [0.717, 1.165) is 17.3 Å². The molecule has 0 aliphatic carbocycles. The summed E-state index contributed by atoms with van der Waals surface area (Å²) in [7, 11) is 0. The van der Waals surface area contributed by atoms with Crippen LogP contribution >= 0.6 is 28.3 Å². The Morgan fingerprint density at radius 3 is 2.56 bits per heavy atom. The van der Waals surface area contributed by atoms with Gasteiger partial charge in [0.2, 0.25) is 0 Å². The van der Waals surface area contributed by atoms with E-state index in [1.807, 2.05) is 12.1 Å². The number of rotatable bonds is 4. The number of nitrogen functional groups attached to an aromatic ring is 1. The van der Waals surface area contributed by atoms with Crippen LogP contribution in [0, 0.1) is 0 Å². The molecule has 4 nitrogen and oxygen atoms in total. The first kappa shape index (κ1) is 19.8. The summed E-state index contributed by atoms with van der Waals surface area (Å²) in [5.74, 6) is -0.0943. The maximum absolute atomic E-state index is 12.5. The maximum Gasteiger partial charge on any atom is 0.251 e. The fraction of sp³-hybridized carbons (Fsp3) is 0.316. The molecule has 1 aliphatic rings. The molecule has 2 aromatic carbocycles. The predicted molar refractivity (Wildman–Crippen MR) is 106 cm³/mol. The van der Waals surface area contributed by atoms with Crippen LogP contribution in [0.5, 0.6) is 0 Å². The smallest absolute Gasteiger partial charge is 0.251 e. The molecule has 0 spiro atoms. The minimum absolute atomic E-state index is 0. The van der Waals surface area contributed by atoms with Crippen LogP contribution in [-0.2, 0) is 10.2 Å². The van der Waals surface area contributed by atoms with E-state index in [4.69, 9.17) is 10.5 Å². The van der Waals surface area contributed by atoms with Crippen molar-refractivity contribution in [2.45, 2.75) is 18.3 Å². The van der Waals surface area contributed by atoms with Crippen molar-refractivity contribution >= 4 is 39.9 Å². The molecule has 1 heterocycles. The molecule has 0 saturated carbocycles. The number of carbonyl (C=O) groups is 1. The number of carbonyl (C=O) groups excluding carboxylic acids is 1. The summed E-state index contributed by atoms with van der Waals surface area (Å²) in [6.07, 6.45) is 1.78. The van der Waals surface area contributed by atoms with Gasteiger partial charge in [0, 0.05) is 40.9 Å². The number of nitrogens with two attached hydrogens (primary N) is 1. The molecule has 0 radical (unpaired) electrons. The lowest BCUT2D eigenvalue weighted by atomic mass is 9.74. The van der Waals surface area contributed by atoms with Gasteiger partial charge < -0.3 is 15.8 Å². The molecule has 1 saturated heterocycles. The highest BCUT2D eigenvalue weighted by Crippen LogP contribution is 2.35. The van der Waals surface area contributed by atoms with Gasteiger partial charge in [-0.3, -0.25) is 4.79 Å². The van der Waals surface area contributed by atoms with Gasteiger partial charge in [-0.05, 0) is 48.7 Å². The van der Waals surface area contributed by atoms with E-state index in [2.05, 4.69) is 33.4 Å². The van der Waals surface area contributed by atoms with Crippen LogP contribution in [0.3, 0.4) is 0 Å². The topological polar surface area (TPSA) is 64.4 Å². The Morgan fingerprint density at radius 1 is 1.16 bits per heavy atom. The summed E-state index contributed by atoms with van der Waals surface area (Å²) >= 11 is 3.55. The Kier molecular flexibility index (Phi) is 6.87. The fourth-order valence-corrected chi connectivity index (χ4v) is 3.58. The summed E-state index contributed by atoms with van der Waals surface area (Å²) in [5, 5.41) is 3.09. The second-order valence-electron chi connectivity index (χ2n) is 6.21. The zero-order chi connectivity index (χ0) is 17.0. The molecule has 3 rings (SSSR count). The van der Waals surface area contributed by atoms with Crippen molar-refractivity contribution in [2.75, 3.05) is 25.5 Å². The fourth-order valence-electron chi connectivity index (χ4n) is 3.18. The van der Waals surface area contributed by atoms with Crippen molar-refractivity contribution < 1.29 is 9.53 Å². The Balaban J connectivity index is 0.00000225. The van der Waals surface area contributed by atoms with Crippen LogP contribution in [0.2, 0.25) is 0 Å². The van der Waals surface area contributed by atoms with Crippen molar-refractivity contribution in [3.05, 3.63) is 64.1 Å². The molecule has 25 heavy (non-hydrogen) atoms. The van der Waals surface area contributed by atoms with Gasteiger partial charge >= 0.3 is 0 Å². The average molecular weight is 426 g/mol. The van der Waals surface area contributed by atoms with E-state index in [1.165, 1.54) is 5.56 Å². The summed E-state index contributed by atoms with van der Waals surface area (Å²) in [4.78, 5) is 12.5. The van der Waals surface area contributed by atoms with Gasteiger partial charge in [0.05, 0.1) is 0 Å². The van der Waals surface area contributed by atoms with E-state index in [-0.39, 0.29) is 23.7 Å². The van der Waals surface area contributed by atoms with Crippen molar-refractivity contribution in [3.63, 3.8) is 0 Å². The van der Waals surface area contributed by atoms with E-state index in [1.54, 1.807) is 24.3 Å².